The van der Waals surface area contributed by atoms with Crippen LogP contribution in [0.25, 0.3) is 10.9 Å². The van der Waals surface area contributed by atoms with Crippen molar-refractivity contribution in [3.8, 4) is 0 Å². The van der Waals surface area contributed by atoms with E-state index in [-0.39, 0.29) is 0 Å². The maximum absolute atomic E-state index is 3.63. The summed E-state index contributed by atoms with van der Waals surface area (Å²) in [6.45, 7) is 8.53. The van der Waals surface area contributed by atoms with Crippen molar-refractivity contribution < 1.29 is 0 Å². The lowest BCUT2D eigenvalue weighted by atomic mass is 10.2. The van der Waals surface area contributed by atoms with Gasteiger partial charge >= 0.3 is 0 Å². The first-order chi connectivity index (χ1) is 8.15. The fourth-order valence-electron chi connectivity index (χ4n) is 2.27. The summed E-state index contributed by atoms with van der Waals surface area (Å²) < 4.78 is 3.58. The van der Waals surface area contributed by atoms with Crippen molar-refractivity contribution in [3.63, 3.8) is 0 Å². The summed E-state index contributed by atoms with van der Waals surface area (Å²) >= 11 is 3.63. The van der Waals surface area contributed by atoms with Crippen LogP contribution in [0.15, 0.2) is 28.7 Å². The van der Waals surface area contributed by atoms with E-state index in [9.17, 15) is 0 Å². The van der Waals surface area contributed by atoms with E-state index in [1.165, 1.54) is 21.1 Å². The third-order valence-electron chi connectivity index (χ3n) is 2.98. The van der Waals surface area contributed by atoms with Crippen molar-refractivity contribution in [1.82, 2.24) is 9.88 Å². The second kappa shape index (κ2) is 5.23. The maximum Gasteiger partial charge on any atom is 0.0496 e. The number of rotatable bonds is 4. The van der Waals surface area contributed by atoms with Crippen molar-refractivity contribution >= 4 is 26.8 Å². The largest absolute Gasteiger partial charge is 0.341 e. The van der Waals surface area contributed by atoms with E-state index in [0.717, 1.165) is 13.1 Å². The number of benzene rings is 1. The molecule has 0 aliphatic rings. The van der Waals surface area contributed by atoms with Crippen molar-refractivity contribution in [2.24, 2.45) is 0 Å². The number of fused-ring (bicyclic) bond motifs is 1. The lowest BCUT2D eigenvalue weighted by Crippen LogP contribution is -2.16. The van der Waals surface area contributed by atoms with Crippen LogP contribution in [0.3, 0.4) is 0 Å². The Labute approximate surface area is 111 Å². The molecule has 1 N–H and O–H groups in total. The van der Waals surface area contributed by atoms with Gasteiger partial charge in [-0.2, -0.15) is 0 Å². The van der Waals surface area contributed by atoms with Crippen LogP contribution < -0.4 is 5.32 Å². The van der Waals surface area contributed by atoms with Crippen LogP contribution in [0.4, 0.5) is 0 Å². The average Bonchev–Trinajstić information content (AvgIpc) is 2.66. The van der Waals surface area contributed by atoms with E-state index in [1.807, 2.05) is 0 Å². The van der Waals surface area contributed by atoms with Gasteiger partial charge in [0, 0.05) is 33.7 Å². The highest BCUT2D eigenvalue weighted by Crippen LogP contribution is 2.29. The summed E-state index contributed by atoms with van der Waals surface area (Å²) in [5, 5.41) is 4.70. The first-order valence-corrected chi connectivity index (χ1v) is 6.93. The number of hydrogen-bond donors (Lipinski definition) is 1. The minimum atomic E-state index is 0.482. The average molecular weight is 295 g/mol. The van der Waals surface area contributed by atoms with Gasteiger partial charge < -0.3 is 9.88 Å². The van der Waals surface area contributed by atoms with Crippen LogP contribution in [0.1, 0.15) is 32.5 Å². The van der Waals surface area contributed by atoms with E-state index in [2.05, 4.69) is 70.9 Å². The molecule has 0 radical (unpaired) electrons. The molecule has 0 bridgehead atoms. The predicted molar refractivity (Wildman–Crippen MR) is 77.4 cm³/mol. The minimum absolute atomic E-state index is 0.482. The van der Waals surface area contributed by atoms with Gasteiger partial charge in [0.15, 0.2) is 0 Å². The zero-order valence-electron chi connectivity index (χ0n) is 10.6. The van der Waals surface area contributed by atoms with Crippen LogP contribution >= 0.6 is 15.9 Å². The molecule has 3 heteroatoms. The highest BCUT2D eigenvalue weighted by Gasteiger charge is 2.12. The topological polar surface area (TPSA) is 17.0 Å². The number of nitrogens with zero attached hydrogens (tertiary/aromatic N) is 1. The number of hydrogen-bond acceptors (Lipinski definition) is 1. The van der Waals surface area contributed by atoms with Gasteiger partial charge in [-0.05, 0) is 38.6 Å². The smallest absolute Gasteiger partial charge is 0.0496 e. The summed E-state index contributed by atoms with van der Waals surface area (Å²) in [6, 6.07) is 9.15. The highest BCUT2D eigenvalue weighted by molar-refractivity contribution is 9.10. The van der Waals surface area contributed by atoms with Gasteiger partial charge in [-0.15, -0.1) is 0 Å². The Kier molecular flexibility index (Phi) is 3.89. The Bertz CT molecular complexity index is 514. The fourth-order valence-corrected chi connectivity index (χ4v) is 2.74. The highest BCUT2D eigenvalue weighted by atomic mass is 79.9. The molecule has 0 amide bonds. The number of nitrogens with one attached hydrogen (secondary N) is 1. The molecule has 1 aromatic heterocycles. The molecule has 17 heavy (non-hydrogen) atoms. The third-order valence-corrected chi connectivity index (χ3v) is 3.67. The first kappa shape index (κ1) is 12.7. The molecule has 0 fully saturated rings. The van der Waals surface area contributed by atoms with E-state index < -0.39 is 0 Å². The molecule has 0 atom stereocenters. The minimum Gasteiger partial charge on any atom is -0.341 e. The van der Waals surface area contributed by atoms with Crippen LogP contribution in [-0.4, -0.2) is 11.1 Å². The molecule has 1 heterocycles. The third kappa shape index (κ3) is 2.40. The van der Waals surface area contributed by atoms with E-state index in [1.54, 1.807) is 0 Å². The molecule has 0 saturated carbocycles. The molecular formula is C14H19BrN2. The van der Waals surface area contributed by atoms with Gasteiger partial charge in [-0.1, -0.05) is 28.9 Å². The quantitative estimate of drug-likeness (QED) is 0.898. The van der Waals surface area contributed by atoms with Crippen molar-refractivity contribution in [3.05, 3.63) is 34.4 Å². The number of halogens is 1. The lowest BCUT2D eigenvalue weighted by Gasteiger charge is -2.14. The SMILES string of the molecule is CCNCc1cc2c(Br)cccc2n1C(C)C. The maximum atomic E-state index is 3.63. The van der Waals surface area contributed by atoms with Crippen LogP contribution in [0.5, 0.6) is 0 Å². The molecule has 1 aromatic carbocycles. The second-order valence-electron chi connectivity index (χ2n) is 4.55. The second-order valence-corrected chi connectivity index (χ2v) is 5.41. The summed E-state index contributed by atoms with van der Waals surface area (Å²) in [7, 11) is 0. The van der Waals surface area contributed by atoms with E-state index in [4.69, 9.17) is 0 Å². The Balaban J connectivity index is 2.58. The Morgan fingerprint density at radius 3 is 2.76 bits per heavy atom. The van der Waals surface area contributed by atoms with E-state index in [0.29, 0.717) is 6.04 Å². The molecule has 0 spiro atoms. The molecule has 0 unspecified atom stereocenters. The Morgan fingerprint density at radius 1 is 1.35 bits per heavy atom. The molecule has 2 nitrogen and oxygen atoms in total. The van der Waals surface area contributed by atoms with Crippen LogP contribution in [-0.2, 0) is 6.54 Å². The van der Waals surface area contributed by atoms with Crippen molar-refractivity contribution in [2.45, 2.75) is 33.4 Å². The predicted octanol–water partition coefficient (Wildman–Crippen LogP) is 4.09. The zero-order valence-corrected chi connectivity index (χ0v) is 12.2. The van der Waals surface area contributed by atoms with Gasteiger partial charge in [-0.25, -0.2) is 0 Å². The lowest BCUT2D eigenvalue weighted by molar-refractivity contribution is 0.572. The van der Waals surface area contributed by atoms with Crippen molar-refractivity contribution in [1.29, 1.82) is 0 Å². The first-order valence-electron chi connectivity index (χ1n) is 6.14. The summed E-state index contributed by atoms with van der Waals surface area (Å²) in [5.74, 6) is 0. The molecular weight excluding hydrogens is 276 g/mol. The van der Waals surface area contributed by atoms with E-state index >= 15 is 0 Å². The normalized spacial score (nSPS) is 11.6. The molecule has 0 aliphatic heterocycles. The van der Waals surface area contributed by atoms with Gasteiger partial charge in [0.25, 0.3) is 0 Å². The van der Waals surface area contributed by atoms with Gasteiger partial charge in [0.1, 0.15) is 0 Å². The molecule has 0 saturated heterocycles. The summed E-state index contributed by atoms with van der Waals surface area (Å²) in [4.78, 5) is 0. The monoisotopic (exact) mass is 294 g/mol. The zero-order chi connectivity index (χ0) is 12.4. The molecule has 92 valence electrons. The van der Waals surface area contributed by atoms with Gasteiger partial charge in [-0.3, -0.25) is 0 Å². The number of aromatic nitrogens is 1. The van der Waals surface area contributed by atoms with Gasteiger partial charge in [0.2, 0.25) is 0 Å². The van der Waals surface area contributed by atoms with Gasteiger partial charge in [0.05, 0.1) is 0 Å². The molecule has 2 aromatic rings. The van der Waals surface area contributed by atoms with Crippen LogP contribution in [0, 0.1) is 0 Å². The fraction of sp³-hybridized carbons (Fsp3) is 0.429. The van der Waals surface area contributed by atoms with Crippen molar-refractivity contribution in [2.75, 3.05) is 6.54 Å². The molecule has 0 aliphatic carbocycles. The summed E-state index contributed by atoms with van der Waals surface area (Å²) in [6.07, 6.45) is 0. The Morgan fingerprint density at radius 2 is 2.12 bits per heavy atom. The van der Waals surface area contributed by atoms with Crippen LogP contribution in [0.2, 0.25) is 0 Å². The standard InChI is InChI=1S/C14H19BrN2/c1-4-16-9-11-8-12-13(15)6-5-7-14(12)17(11)10(2)3/h5-8,10,16H,4,9H2,1-3H3. The summed E-state index contributed by atoms with van der Waals surface area (Å²) in [5.41, 5.74) is 2.66. The molecule has 2 rings (SSSR count). The Hall–Kier alpha value is -0.800.